The van der Waals surface area contributed by atoms with Crippen molar-refractivity contribution in [2.24, 2.45) is 23.3 Å². The van der Waals surface area contributed by atoms with Gasteiger partial charge in [0.05, 0.1) is 13.2 Å². The molecule has 1 aliphatic rings. The van der Waals surface area contributed by atoms with Crippen LogP contribution in [0.1, 0.15) is 96.8 Å². The van der Waals surface area contributed by atoms with Crippen molar-refractivity contribution in [1.29, 1.82) is 0 Å². The van der Waals surface area contributed by atoms with Gasteiger partial charge in [0.25, 0.3) is 0 Å². The summed E-state index contributed by atoms with van der Waals surface area (Å²) < 4.78 is 4.74. The Morgan fingerprint density at radius 1 is 0.738 bits per heavy atom. The molecule has 368 valence electrons. The van der Waals surface area contributed by atoms with E-state index in [1.54, 1.807) is 12.2 Å². The lowest BCUT2D eigenvalue weighted by Crippen LogP contribution is -2.50. The van der Waals surface area contributed by atoms with Crippen LogP contribution in [0.5, 0.6) is 0 Å². The molecule has 1 aliphatic carbocycles. The number of Topliss-reactive ketones (excluding diaryl/α,β-unsaturated/α-hetero) is 1. The van der Waals surface area contributed by atoms with Crippen molar-refractivity contribution in [2.45, 2.75) is 138 Å². The largest absolute Gasteiger partial charge is 0.480 e. The van der Waals surface area contributed by atoms with Gasteiger partial charge in [-0.1, -0.05) is 51.2 Å². The number of aliphatic carboxylic acids is 4. The number of allylic oxidation sites excluding steroid dienone is 1. The summed E-state index contributed by atoms with van der Waals surface area (Å²) in [6, 6.07) is -5.39. The van der Waals surface area contributed by atoms with E-state index in [1.807, 2.05) is 6.92 Å². The predicted molar refractivity (Wildman–Crippen MR) is 238 cm³/mol. The van der Waals surface area contributed by atoms with Gasteiger partial charge in [0, 0.05) is 53.6 Å². The molecule has 1 saturated carbocycles. The van der Waals surface area contributed by atoms with Gasteiger partial charge < -0.3 is 63.0 Å². The van der Waals surface area contributed by atoms with Crippen LogP contribution in [0.15, 0.2) is 12.2 Å². The Morgan fingerprint density at radius 2 is 1.26 bits per heavy atom. The molecule has 13 N–H and O–H groups in total. The third kappa shape index (κ3) is 24.4. The molecule has 1 rings (SSSR count). The number of methoxy groups -OCH3 is 1. The molecule has 24 heteroatoms. The van der Waals surface area contributed by atoms with Crippen LogP contribution >= 0.6 is 23.5 Å². The zero-order valence-corrected chi connectivity index (χ0v) is 38.4. The van der Waals surface area contributed by atoms with Crippen molar-refractivity contribution in [3.8, 4) is 0 Å². The van der Waals surface area contributed by atoms with E-state index in [-0.39, 0.29) is 55.8 Å². The summed E-state index contributed by atoms with van der Waals surface area (Å²) in [5, 5.41) is 55.9. The molecule has 0 aliphatic heterocycles. The van der Waals surface area contributed by atoms with Gasteiger partial charge >= 0.3 is 29.8 Å². The van der Waals surface area contributed by atoms with Crippen LogP contribution in [0, 0.1) is 11.8 Å². The molecule has 0 bridgehead atoms. The third-order valence-corrected chi connectivity index (χ3v) is 13.3. The average Bonchev–Trinajstić information content (AvgIpc) is 3.57. The molecule has 0 saturated heterocycles. The van der Waals surface area contributed by atoms with Crippen molar-refractivity contribution in [2.75, 3.05) is 31.7 Å². The molecule has 5 unspecified atom stereocenters. The molecule has 0 radical (unpaired) electrons. The monoisotopic (exact) mass is 962 g/mol. The number of aliphatic hydroxyl groups is 1. The van der Waals surface area contributed by atoms with Crippen molar-refractivity contribution < 1.29 is 78.2 Å². The van der Waals surface area contributed by atoms with E-state index in [4.69, 9.17) is 26.4 Å². The Morgan fingerprint density at radius 3 is 1.75 bits per heavy atom. The maximum absolute atomic E-state index is 14.3. The quantitative estimate of drug-likeness (QED) is 0.0222. The highest BCUT2D eigenvalue weighted by molar-refractivity contribution is 8.00. The van der Waals surface area contributed by atoms with Crippen LogP contribution in [0.25, 0.3) is 0 Å². The minimum Gasteiger partial charge on any atom is -0.480 e. The number of nitrogens with two attached hydrogens (primary N) is 2. The zero-order valence-electron chi connectivity index (χ0n) is 36.8. The van der Waals surface area contributed by atoms with Crippen LogP contribution in [0.3, 0.4) is 0 Å². The molecule has 0 spiro atoms. The summed E-state index contributed by atoms with van der Waals surface area (Å²) in [5.74, 6) is -10.9. The molecule has 65 heavy (non-hydrogen) atoms. The second-order valence-corrected chi connectivity index (χ2v) is 18.1. The molecule has 0 aromatic rings. The summed E-state index contributed by atoms with van der Waals surface area (Å²) in [6.45, 7) is 0.465. The number of carboxylic acid groups (broad SMARTS) is 4. The summed E-state index contributed by atoms with van der Waals surface area (Å²) in [5.41, 5.74) is 11.1. The standard InChI is InChI=1S/C41H66N6O16S2/c1-3-4-6-9-23(48)12-13-24-31(65-22-28(39(58)45-20-35(54)55)47-33(51)17-15-26(43)41(61)62)18-29(49)37(24)30(10-7-5-8-11-36(56)63-2)64-21-27(38(57)44-19-34(52)53)46-32(50)16-14-25(42)40(59)60/h12-13,23-28,30-31,37,48H,3-11,14-22,42-43H2,1-2H3,(H,44,57)(H,45,58)(H,46,50)(H,47,51)(H,52,53)(H,54,55)(H,59,60)(H,61,62)/b13-12+/t23-,24-,25?,26?,27?,28?,30?,31+,37+/m0/s1. The van der Waals surface area contributed by atoms with Crippen molar-refractivity contribution in [1.82, 2.24) is 21.3 Å². The smallest absolute Gasteiger partial charge is 0.322 e. The van der Waals surface area contributed by atoms with Gasteiger partial charge in [-0.3, -0.25) is 47.9 Å². The van der Waals surface area contributed by atoms with Crippen LogP contribution in [-0.4, -0.2) is 157 Å². The molecule has 4 amide bonds. The number of carbonyl (C=O) groups is 10. The Kier molecular flexibility index (Phi) is 28.7. The first-order valence-corrected chi connectivity index (χ1v) is 23.5. The van der Waals surface area contributed by atoms with Crippen LogP contribution < -0.4 is 32.7 Å². The molecule has 22 nitrogen and oxygen atoms in total. The predicted octanol–water partition coefficient (Wildman–Crippen LogP) is -0.228. The Labute approximate surface area is 385 Å². The second kappa shape index (κ2) is 32.0. The molecular weight excluding hydrogens is 897 g/mol. The maximum atomic E-state index is 14.3. The van der Waals surface area contributed by atoms with E-state index in [2.05, 4.69) is 21.3 Å². The number of hydrogen-bond donors (Lipinski definition) is 11. The number of thioether (sulfide) groups is 2. The second-order valence-electron chi connectivity index (χ2n) is 15.6. The Balaban J connectivity index is 3.63. The fourth-order valence-corrected chi connectivity index (χ4v) is 9.72. The summed E-state index contributed by atoms with van der Waals surface area (Å²) >= 11 is 2.30. The van der Waals surface area contributed by atoms with Crippen molar-refractivity contribution in [3.63, 3.8) is 0 Å². The van der Waals surface area contributed by atoms with E-state index in [1.165, 1.54) is 7.11 Å². The van der Waals surface area contributed by atoms with E-state index in [0.717, 1.165) is 42.8 Å². The highest BCUT2D eigenvalue weighted by atomic mass is 32.2. The molecule has 0 aromatic heterocycles. The topological polar surface area (TPSA) is 381 Å². The van der Waals surface area contributed by atoms with Crippen molar-refractivity contribution in [3.05, 3.63) is 12.2 Å². The van der Waals surface area contributed by atoms with Gasteiger partial charge in [-0.25, -0.2) is 0 Å². The summed E-state index contributed by atoms with van der Waals surface area (Å²) in [6.07, 6.45) is 6.04. The molecular formula is C41H66N6O16S2. The van der Waals surface area contributed by atoms with Gasteiger partial charge in [0.15, 0.2) is 0 Å². The summed E-state index contributed by atoms with van der Waals surface area (Å²) in [7, 11) is 1.27. The first kappa shape index (κ1) is 58.2. The van der Waals surface area contributed by atoms with Gasteiger partial charge in [-0.2, -0.15) is 23.5 Å². The molecule has 0 heterocycles. The highest BCUT2D eigenvalue weighted by Crippen LogP contribution is 2.45. The maximum Gasteiger partial charge on any atom is 0.322 e. The Bertz CT molecular complexity index is 1650. The lowest BCUT2D eigenvalue weighted by atomic mass is 9.88. The third-order valence-electron chi connectivity index (χ3n) is 10.4. The number of amides is 4. The van der Waals surface area contributed by atoms with E-state index in [9.17, 15) is 63.3 Å². The first-order chi connectivity index (χ1) is 30.7. The van der Waals surface area contributed by atoms with Gasteiger partial charge in [0.2, 0.25) is 23.6 Å². The van der Waals surface area contributed by atoms with E-state index in [0.29, 0.717) is 32.1 Å². The minimum atomic E-state index is -1.36. The van der Waals surface area contributed by atoms with Crippen molar-refractivity contribution >= 4 is 82.8 Å². The number of unbranched alkanes of at least 4 members (excludes halogenated alkanes) is 4. The van der Waals surface area contributed by atoms with Crippen LogP contribution in [-0.2, 0) is 52.7 Å². The van der Waals surface area contributed by atoms with Crippen LogP contribution in [0.2, 0.25) is 0 Å². The molecule has 0 aromatic carbocycles. The minimum absolute atomic E-state index is 0.0519. The first-order valence-electron chi connectivity index (χ1n) is 21.4. The average molecular weight is 963 g/mol. The number of carbonyl (C=O) groups excluding carboxylic acids is 6. The van der Waals surface area contributed by atoms with Crippen LogP contribution in [0.4, 0.5) is 0 Å². The van der Waals surface area contributed by atoms with Gasteiger partial charge in [0.1, 0.15) is 43.0 Å². The number of rotatable bonds is 35. The zero-order chi connectivity index (χ0) is 49.1. The number of ether oxygens (including phenoxy) is 1. The summed E-state index contributed by atoms with van der Waals surface area (Å²) in [4.78, 5) is 123. The van der Waals surface area contributed by atoms with E-state index >= 15 is 0 Å². The number of hydrogen-bond acceptors (Lipinski definition) is 16. The number of nitrogens with one attached hydrogen (secondary N) is 4. The highest BCUT2D eigenvalue weighted by Gasteiger charge is 2.46. The number of esters is 1. The molecule has 9 atom stereocenters. The number of ketones is 1. The van der Waals surface area contributed by atoms with E-state index < -0.39 is 119 Å². The van der Waals surface area contributed by atoms with Gasteiger partial charge in [-0.15, -0.1) is 0 Å². The fraction of sp³-hybridized carbons (Fsp3) is 0.707. The SMILES string of the molecule is CCCCC[C@H](O)/C=C/[C@@H]1[C@@H](C(CCCCCC(=O)OC)SCC(NC(=O)CCC(N)C(=O)O)C(=O)NCC(=O)O)C(=O)C[C@H]1SCC(NC(=O)CCC(N)C(=O)O)C(=O)NCC(=O)O. The molecule has 1 fully saturated rings. The van der Waals surface area contributed by atoms with Gasteiger partial charge in [-0.05, 0) is 38.0 Å². The fourth-order valence-electron chi connectivity index (χ4n) is 6.73. The lowest BCUT2D eigenvalue weighted by molar-refractivity contribution is -0.141. The number of aliphatic hydroxyl groups excluding tert-OH is 1. The normalized spacial score (nSPS) is 18.7. The lowest BCUT2D eigenvalue weighted by Gasteiger charge is -2.30. The Hall–Kier alpha value is -4.78. The number of carboxylic acids is 4.